The van der Waals surface area contributed by atoms with Crippen molar-refractivity contribution >= 4 is 11.5 Å². The number of hydrogen-bond donors (Lipinski definition) is 0. The van der Waals surface area contributed by atoms with Crippen LogP contribution < -0.4 is 4.90 Å². The molecule has 2 heteroatoms. The maximum absolute atomic E-state index is 12.2. The molecule has 0 radical (unpaired) electrons. The van der Waals surface area contributed by atoms with Crippen molar-refractivity contribution in [1.82, 2.24) is 0 Å². The Morgan fingerprint density at radius 3 is 2.60 bits per heavy atom. The van der Waals surface area contributed by atoms with Gasteiger partial charge in [-0.15, -0.1) is 0 Å². The SMILES string of the molecule is O=C(Cc1ccccc1)CN1CCCc2ccccc21. The smallest absolute Gasteiger partial charge is 0.156 e. The molecule has 0 amide bonds. The minimum atomic E-state index is 0.285. The second kappa shape index (κ2) is 5.91. The summed E-state index contributed by atoms with van der Waals surface area (Å²) in [6.45, 7) is 1.50. The van der Waals surface area contributed by atoms with Gasteiger partial charge in [0, 0.05) is 18.7 Å². The summed E-state index contributed by atoms with van der Waals surface area (Å²) in [5.74, 6) is 0.285. The summed E-state index contributed by atoms with van der Waals surface area (Å²) >= 11 is 0. The molecular formula is C18H19NO. The molecular weight excluding hydrogens is 246 g/mol. The minimum absolute atomic E-state index is 0.285. The predicted molar refractivity (Wildman–Crippen MR) is 82.1 cm³/mol. The average molecular weight is 265 g/mol. The van der Waals surface area contributed by atoms with Gasteiger partial charge in [0.1, 0.15) is 0 Å². The Morgan fingerprint density at radius 2 is 1.75 bits per heavy atom. The van der Waals surface area contributed by atoms with Crippen molar-refractivity contribution in [2.45, 2.75) is 19.3 Å². The number of anilines is 1. The quantitative estimate of drug-likeness (QED) is 0.845. The van der Waals surface area contributed by atoms with E-state index >= 15 is 0 Å². The molecule has 0 saturated carbocycles. The van der Waals surface area contributed by atoms with E-state index in [4.69, 9.17) is 0 Å². The van der Waals surface area contributed by atoms with Gasteiger partial charge >= 0.3 is 0 Å². The van der Waals surface area contributed by atoms with E-state index < -0.39 is 0 Å². The molecule has 2 nitrogen and oxygen atoms in total. The molecule has 1 aliphatic heterocycles. The zero-order valence-corrected chi connectivity index (χ0v) is 11.6. The second-order valence-electron chi connectivity index (χ2n) is 5.35. The molecule has 0 atom stereocenters. The van der Waals surface area contributed by atoms with Gasteiger partial charge in [0.05, 0.1) is 6.54 Å². The molecule has 1 heterocycles. The Kier molecular flexibility index (Phi) is 3.82. The standard InChI is InChI=1S/C18H19NO/c20-17(13-15-7-2-1-3-8-15)14-19-12-6-10-16-9-4-5-11-18(16)19/h1-5,7-9,11H,6,10,12-14H2. The van der Waals surface area contributed by atoms with Crippen molar-refractivity contribution in [3.8, 4) is 0 Å². The third kappa shape index (κ3) is 2.90. The number of carbonyl (C=O) groups excluding carboxylic acids is 1. The number of ketones is 1. The van der Waals surface area contributed by atoms with Gasteiger partial charge in [0.2, 0.25) is 0 Å². The Hall–Kier alpha value is -2.09. The Morgan fingerprint density at radius 1 is 1.00 bits per heavy atom. The molecule has 0 saturated heterocycles. The zero-order chi connectivity index (χ0) is 13.8. The van der Waals surface area contributed by atoms with Crippen LogP contribution in [0, 0.1) is 0 Å². The number of hydrogen-bond acceptors (Lipinski definition) is 2. The molecule has 0 aliphatic carbocycles. The number of nitrogens with zero attached hydrogens (tertiary/aromatic N) is 1. The summed E-state index contributed by atoms with van der Waals surface area (Å²) < 4.78 is 0. The van der Waals surface area contributed by atoms with Crippen LogP contribution in [0.15, 0.2) is 54.6 Å². The van der Waals surface area contributed by atoms with E-state index in [2.05, 4.69) is 29.2 Å². The fraction of sp³-hybridized carbons (Fsp3) is 0.278. The molecule has 0 bridgehead atoms. The van der Waals surface area contributed by atoms with E-state index in [0.717, 1.165) is 24.9 Å². The molecule has 1 aliphatic rings. The number of fused-ring (bicyclic) bond motifs is 1. The highest BCUT2D eigenvalue weighted by Gasteiger charge is 2.18. The van der Waals surface area contributed by atoms with Crippen LogP contribution in [0.3, 0.4) is 0 Å². The van der Waals surface area contributed by atoms with E-state index in [9.17, 15) is 4.79 Å². The van der Waals surface area contributed by atoms with E-state index in [1.54, 1.807) is 0 Å². The second-order valence-corrected chi connectivity index (χ2v) is 5.35. The fourth-order valence-corrected chi connectivity index (χ4v) is 2.87. The molecule has 0 N–H and O–H groups in total. The number of Topliss-reactive ketones (excluding diaryl/α,β-unsaturated/α-hetero) is 1. The summed E-state index contributed by atoms with van der Waals surface area (Å²) in [5, 5.41) is 0. The molecule has 0 spiro atoms. The van der Waals surface area contributed by atoms with Crippen molar-refractivity contribution < 1.29 is 4.79 Å². The third-order valence-corrected chi connectivity index (χ3v) is 3.82. The summed E-state index contributed by atoms with van der Waals surface area (Å²) in [5.41, 5.74) is 3.70. The molecule has 0 unspecified atom stereocenters. The summed E-state index contributed by atoms with van der Waals surface area (Å²) in [6, 6.07) is 18.4. The highest BCUT2D eigenvalue weighted by Crippen LogP contribution is 2.26. The van der Waals surface area contributed by atoms with E-state index in [0.29, 0.717) is 13.0 Å². The highest BCUT2D eigenvalue weighted by molar-refractivity contribution is 5.85. The monoisotopic (exact) mass is 265 g/mol. The molecule has 0 fully saturated rings. The lowest BCUT2D eigenvalue weighted by molar-refractivity contribution is -0.117. The lowest BCUT2D eigenvalue weighted by Gasteiger charge is -2.30. The van der Waals surface area contributed by atoms with Gasteiger partial charge in [-0.05, 0) is 30.0 Å². The van der Waals surface area contributed by atoms with E-state index in [1.807, 2.05) is 30.3 Å². The van der Waals surface area contributed by atoms with Crippen molar-refractivity contribution in [2.75, 3.05) is 18.0 Å². The zero-order valence-electron chi connectivity index (χ0n) is 11.6. The molecule has 3 rings (SSSR count). The first kappa shape index (κ1) is 12.9. The van der Waals surface area contributed by atoms with Crippen LogP contribution in [-0.2, 0) is 17.6 Å². The van der Waals surface area contributed by atoms with Gasteiger partial charge in [0.15, 0.2) is 5.78 Å². The minimum Gasteiger partial charge on any atom is -0.364 e. The maximum atomic E-state index is 12.2. The first-order chi connectivity index (χ1) is 9.83. The van der Waals surface area contributed by atoms with Gasteiger partial charge in [-0.2, -0.15) is 0 Å². The van der Waals surface area contributed by atoms with Crippen LogP contribution in [0.4, 0.5) is 5.69 Å². The summed E-state index contributed by atoms with van der Waals surface area (Å²) in [7, 11) is 0. The number of rotatable bonds is 4. The maximum Gasteiger partial charge on any atom is 0.156 e. The molecule has 2 aromatic rings. The van der Waals surface area contributed by atoms with Gasteiger partial charge in [0.25, 0.3) is 0 Å². The highest BCUT2D eigenvalue weighted by atomic mass is 16.1. The molecule has 102 valence electrons. The van der Waals surface area contributed by atoms with Gasteiger partial charge in [-0.1, -0.05) is 48.5 Å². The van der Waals surface area contributed by atoms with Crippen molar-refractivity contribution in [1.29, 1.82) is 0 Å². The van der Waals surface area contributed by atoms with Crippen LogP contribution in [-0.4, -0.2) is 18.9 Å². The summed E-state index contributed by atoms with van der Waals surface area (Å²) in [4.78, 5) is 14.5. The van der Waals surface area contributed by atoms with Gasteiger partial charge < -0.3 is 4.90 Å². The number of aryl methyl sites for hydroxylation is 1. The first-order valence-corrected chi connectivity index (χ1v) is 7.21. The average Bonchev–Trinajstić information content (AvgIpc) is 2.48. The van der Waals surface area contributed by atoms with Crippen LogP contribution in [0.5, 0.6) is 0 Å². The Bertz CT molecular complexity index is 591. The summed E-state index contributed by atoms with van der Waals surface area (Å²) in [6.07, 6.45) is 2.79. The Balaban J connectivity index is 1.68. The number of para-hydroxylation sites is 1. The lowest BCUT2D eigenvalue weighted by atomic mass is 10.0. The largest absolute Gasteiger partial charge is 0.364 e. The topological polar surface area (TPSA) is 20.3 Å². The predicted octanol–water partition coefficient (Wildman–Crippen LogP) is 3.25. The normalized spacial score (nSPS) is 13.9. The van der Waals surface area contributed by atoms with Crippen LogP contribution in [0.25, 0.3) is 0 Å². The Labute approximate surface area is 120 Å². The van der Waals surface area contributed by atoms with Crippen molar-refractivity contribution in [3.63, 3.8) is 0 Å². The van der Waals surface area contributed by atoms with E-state index in [1.165, 1.54) is 11.3 Å². The number of benzene rings is 2. The lowest BCUT2D eigenvalue weighted by Crippen LogP contribution is -2.34. The van der Waals surface area contributed by atoms with Gasteiger partial charge in [-0.25, -0.2) is 0 Å². The third-order valence-electron chi connectivity index (χ3n) is 3.82. The number of carbonyl (C=O) groups is 1. The van der Waals surface area contributed by atoms with Gasteiger partial charge in [-0.3, -0.25) is 4.79 Å². The van der Waals surface area contributed by atoms with Crippen molar-refractivity contribution in [3.05, 3.63) is 65.7 Å². The van der Waals surface area contributed by atoms with Crippen LogP contribution in [0.2, 0.25) is 0 Å². The molecule has 2 aromatic carbocycles. The fourth-order valence-electron chi connectivity index (χ4n) is 2.87. The molecule has 20 heavy (non-hydrogen) atoms. The molecule has 0 aromatic heterocycles. The van der Waals surface area contributed by atoms with E-state index in [-0.39, 0.29) is 5.78 Å². The first-order valence-electron chi connectivity index (χ1n) is 7.21. The van der Waals surface area contributed by atoms with Crippen LogP contribution in [0.1, 0.15) is 17.5 Å². The van der Waals surface area contributed by atoms with Crippen LogP contribution >= 0.6 is 0 Å². The van der Waals surface area contributed by atoms with Crippen molar-refractivity contribution in [2.24, 2.45) is 0 Å².